The van der Waals surface area contributed by atoms with Gasteiger partial charge in [0.2, 0.25) is 0 Å². The topological polar surface area (TPSA) is 47.0 Å². The molecule has 1 heterocycles. The zero-order valence-corrected chi connectivity index (χ0v) is 17.4. The van der Waals surface area contributed by atoms with Gasteiger partial charge in [0, 0.05) is 16.8 Å². The molecule has 0 saturated heterocycles. The van der Waals surface area contributed by atoms with Crippen molar-refractivity contribution in [2.45, 2.75) is 36.3 Å². The fourth-order valence-electron chi connectivity index (χ4n) is 2.64. The molecule has 0 aliphatic carbocycles. The Hall–Kier alpha value is -0.750. The van der Waals surface area contributed by atoms with Gasteiger partial charge in [-0.25, -0.2) is 13.4 Å². The number of thioether (sulfide) groups is 1. The van der Waals surface area contributed by atoms with Gasteiger partial charge in [-0.3, -0.25) is 0 Å². The molecule has 7 heteroatoms. The number of hydrogen-bond acceptors (Lipinski definition) is 4. The second-order valence-corrected chi connectivity index (χ2v) is 9.78. The number of rotatable bonds is 8. The van der Waals surface area contributed by atoms with Crippen molar-refractivity contribution in [2.24, 2.45) is 0 Å². The van der Waals surface area contributed by atoms with Gasteiger partial charge in [0.05, 0.1) is 10.1 Å². The number of nitrogens with zero attached hydrogens (tertiary/aromatic N) is 1. The summed E-state index contributed by atoms with van der Waals surface area (Å²) >= 11 is 13.9. The Morgan fingerprint density at radius 1 is 1.16 bits per heavy atom. The van der Waals surface area contributed by atoms with Crippen LogP contribution in [0, 0.1) is 6.92 Å². The Kier molecular flexibility index (Phi) is 7.62. The first-order valence-corrected chi connectivity index (χ1v) is 11.7. The minimum atomic E-state index is -3.59. The Morgan fingerprint density at radius 3 is 2.48 bits per heavy atom. The van der Waals surface area contributed by atoms with E-state index in [0.717, 1.165) is 24.2 Å². The third-order valence-corrected chi connectivity index (χ3v) is 7.36. The Labute approximate surface area is 164 Å². The van der Waals surface area contributed by atoms with E-state index in [1.54, 1.807) is 42.2 Å². The van der Waals surface area contributed by atoms with Gasteiger partial charge in [0.25, 0.3) is 0 Å². The molecule has 0 radical (unpaired) electrons. The highest BCUT2D eigenvalue weighted by atomic mass is 35.5. The average molecular weight is 418 g/mol. The van der Waals surface area contributed by atoms with Gasteiger partial charge in [-0.2, -0.15) is 11.8 Å². The molecule has 0 fully saturated rings. The van der Waals surface area contributed by atoms with Crippen LogP contribution in [0.25, 0.3) is 0 Å². The number of pyridine rings is 1. The normalized spacial score (nSPS) is 13.0. The van der Waals surface area contributed by atoms with Gasteiger partial charge in [0.15, 0.2) is 9.84 Å². The van der Waals surface area contributed by atoms with Crippen molar-refractivity contribution < 1.29 is 8.42 Å². The molecule has 0 aliphatic heterocycles. The number of aromatic nitrogens is 1. The number of aryl methyl sites for hydroxylation is 1. The molecule has 1 aromatic carbocycles. The Morgan fingerprint density at radius 2 is 1.84 bits per heavy atom. The first-order chi connectivity index (χ1) is 11.9. The Bertz CT molecular complexity index is 808. The van der Waals surface area contributed by atoms with Gasteiger partial charge in [-0.05, 0) is 61.6 Å². The Balaban J connectivity index is 2.42. The lowest BCUT2D eigenvalue weighted by Crippen LogP contribution is -2.15. The molecule has 3 nitrogen and oxygen atoms in total. The molecule has 2 rings (SSSR count). The van der Waals surface area contributed by atoms with Crippen LogP contribution in [-0.4, -0.2) is 25.4 Å². The van der Waals surface area contributed by atoms with E-state index in [1.165, 1.54) is 0 Å². The van der Waals surface area contributed by atoms with Crippen LogP contribution in [0.3, 0.4) is 0 Å². The van der Waals surface area contributed by atoms with Crippen LogP contribution in [0.5, 0.6) is 0 Å². The fraction of sp³-hybridized carbons (Fsp3) is 0.389. The standard InChI is InChI=1S/C18H21Cl2NO2S2/c1-13-11-16(18(20)21-12-13)17(5-3-4-10-24-2)25(22,23)15-8-6-14(19)7-9-15/h6-9,11-12,17H,3-5,10H2,1-2H3. The third kappa shape index (κ3) is 5.36. The lowest BCUT2D eigenvalue weighted by Gasteiger charge is -2.19. The quantitative estimate of drug-likeness (QED) is 0.405. The number of unbranched alkanes of at least 4 members (excludes halogenated alkanes) is 1. The molecule has 1 aromatic heterocycles. The fourth-order valence-corrected chi connectivity index (χ4v) is 5.40. The van der Waals surface area contributed by atoms with Crippen LogP contribution in [0.2, 0.25) is 10.2 Å². The van der Waals surface area contributed by atoms with Crippen molar-refractivity contribution in [2.75, 3.05) is 12.0 Å². The summed E-state index contributed by atoms with van der Waals surface area (Å²) in [6.07, 6.45) is 5.97. The zero-order chi connectivity index (χ0) is 18.4. The SMILES string of the molecule is CSCCCCC(c1cc(C)cnc1Cl)S(=O)(=O)c1ccc(Cl)cc1. The van der Waals surface area contributed by atoms with E-state index < -0.39 is 15.1 Å². The van der Waals surface area contributed by atoms with E-state index in [1.807, 2.05) is 19.2 Å². The summed E-state index contributed by atoms with van der Waals surface area (Å²) in [6.45, 7) is 1.88. The molecule has 0 amide bonds. The maximum Gasteiger partial charge on any atom is 0.185 e. The lowest BCUT2D eigenvalue weighted by atomic mass is 10.1. The molecular weight excluding hydrogens is 397 g/mol. The zero-order valence-electron chi connectivity index (χ0n) is 14.2. The molecule has 1 unspecified atom stereocenters. The summed E-state index contributed by atoms with van der Waals surface area (Å²) in [5.41, 5.74) is 1.46. The maximum atomic E-state index is 13.2. The molecule has 0 bridgehead atoms. The van der Waals surface area contributed by atoms with Crippen LogP contribution in [-0.2, 0) is 9.84 Å². The molecule has 25 heavy (non-hydrogen) atoms. The van der Waals surface area contributed by atoms with Crippen molar-refractivity contribution in [1.29, 1.82) is 0 Å². The first-order valence-electron chi connectivity index (χ1n) is 7.96. The summed E-state index contributed by atoms with van der Waals surface area (Å²) in [5, 5.41) is 0.0409. The summed E-state index contributed by atoms with van der Waals surface area (Å²) in [6, 6.07) is 8.10. The summed E-state index contributed by atoms with van der Waals surface area (Å²) < 4.78 is 26.5. The largest absolute Gasteiger partial charge is 0.244 e. The summed E-state index contributed by atoms with van der Waals surface area (Å²) in [5.74, 6) is 1.01. The molecule has 0 saturated carbocycles. The van der Waals surface area contributed by atoms with Crippen molar-refractivity contribution in [3.05, 3.63) is 57.8 Å². The molecule has 1 atom stereocenters. The van der Waals surface area contributed by atoms with Crippen LogP contribution in [0.15, 0.2) is 41.4 Å². The minimum absolute atomic E-state index is 0.248. The molecule has 0 spiro atoms. The first kappa shape index (κ1) is 20.6. The summed E-state index contributed by atoms with van der Waals surface area (Å²) in [7, 11) is -3.59. The van der Waals surface area contributed by atoms with Crippen LogP contribution in [0.1, 0.15) is 35.6 Å². The van der Waals surface area contributed by atoms with E-state index in [-0.39, 0.29) is 10.0 Å². The second kappa shape index (κ2) is 9.26. The monoisotopic (exact) mass is 417 g/mol. The van der Waals surface area contributed by atoms with Crippen molar-refractivity contribution in [3.8, 4) is 0 Å². The number of sulfone groups is 1. The van der Waals surface area contributed by atoms with E-state index in [2.05, 4.69) is 4.98 Å². The van der Waals surface area contributed by atoms with Crippen molar-refractivity contribution >= 4 is 44.8 Å². The molecular formula is C18H21Cl2NO2S2. The predicted octanol–water partition coefficient (Wildman–Crippen LogP) is 5.75. The van der Waals surface area contributed by atoms with Gasteiger partial charge < -0.3 is 0 Å². The molecule has 0 N–H and O–H groups in total. The van der Waals surface area contributed by atoms with Crippen molar-refractivity contribution in [3.63, 3.8) is 0 Å². The lowest BCUT2D eigenvalue weighted by molar-refractivity contribution is 0.568. The average Bonchev–Trinajstić information content (AvgIpc) is 2.57. The smallest absolute Gasteiger partial charge is 0.185 e. The second-order valence-electron chi connectivity index (χ2n) is 5.87. The van der Waals surface area contributed by atoms with E-state index in [0.29, 0.717) is 17.0 Å². The number of hydrogen-bond donors (Lipinski definition) is 0. The van der Waals surface area contributed by atoms with Crippen molar-refractivity contribution in [1.82, 2.24) is 4.98 Å². The predicted molar refractivity (Wildman–Crippen MR) is 108 cm³/mol. The van der Waals surface area contributed by atoms with Crippen LogP contribution < -0.4 is 0 Å². The maximum absolute atomic E-state index is 13.2. The highest BCUT2D eigenvalue weighted by Crippen LogP contribution is 2.37. The van der Waals surface area contributed by atoms with Gasteiger partial charge in [-0.1, -0.05) is 35.7 Å². The van der Waals surface area contributed by atoms with Gasteiger partial charge in [0.1, 0.15) is 5.15 Å². The third-order valence-electron chi connectivity index (χ3n) is 3.93. The highest BCUT2D eigenvalue weighted by molar-refractivity contribution is 7.98. The summed E-state index contributed by atoms with van der Waals surface area (Å²) in [4.78, 5) is 4.40. The number of benzene rings is 1. The highest BCUT2D eigenvalue weighted by Gasteiger charge is 2.31. The molecule has 2 aromatic rings. The van der Waals surface area contributed by atoms with Crippen LogP contribution >= 0.6 is 35.0 Å². The molecule has 136 valence electrons. The van der Waals surface area contributed by atoms with Gasteiger partial charge >= 0.3 is 0 Å². The van der Waals surface area contributed by atoms with E-state index in [4.69, 9.17) is 23.2 Å². The minimum Gasteiger partial charge on any atom is -0.244 e. The number of halogens is 2. The van der Waals surface area contributed by atoms with Crippen LogP contribution in [0.4, 0.5) is 0 Å². The van der Waals surface area contributed by atoms with Gasteiger partial charge in [-0.15, -0.1) is 0 Å². The molecule has 0 aliphatic rings. The van der Waals surface area contributed by atoms with E-state index >= 15 is 0 Å². The van der Waals surface area contributed by atoms with E-state index in [9.17, 15) is 8.42 Å².